The number of urea groups is 1. The van der Waals surface area contributed by atoms with Crippen molar-refractivity contribution in [3.63, 3.8) is 0 Å². The largest absolute Gasteiger partial charge is 0.377 e. The normalized spacial score (nSPS) is 36.5. The predicted octanol–water partition coefficient (Wildman–Crippen LogP) is -0.388. The minimum Gasteiger partial charge on any atom is -0.377 e. The van der Waals surface area contributed by atoms with E-state index in [-0.39, 0.29) is 30.4 Å². The van der Waals surface area contributed by atoms with Gasteiger partial charge < -0.3 is 15.0 Å². The molecule has 0 radical (unpaired) electrons. The van der Waals surface area contributed by atoms with E-state index in [9.17, 15) is 14.4 Å². The molecule has 0 aromatic carbocycles. The third-order valence-electron chi connectivity index (χ3n) is 4.52. The smallest absolute Gasteiger partial charge is 0.322 e. The third kappa shape index (κ3) is 1.96. The Hall–Kier alpha value is -1.63. The molecule has 7 nitrogen and oxygen atoms in total. The van der Waals surface area contributed by atoms with Crippen LogP contribution >= 0.6 is 0 Å². The highest BCUT2D eigenvalue weighted by molar-refractivity contribution is 6.07. The number of nitrogens with one attached hydrogen (secondary N) is 2. The Morgan fingerprint density at radius 3 is 2.95 bits per heavy atom. The van der Waals surface area contributed by atoms with E-state index in [1.165, 1.54) is 0 Å². The van der Waals surface area contributed by atoms with Gasteiger partial charge in [-0.1, -0.05) is 6.92 Å². The van der Waals surface area contributed by atoms with Gasteiger partial charge in [-0.05, 0) is 19.3 Å². The van der Waals surface area contributed by atoms with Crippen molar-refractivity contribution in [2.24, 2.45) is 5.92 Å². The Morgan fingerprint density at radius 1 is 1.50 bits per heavy atom. The second-order valence-corrected chi connectivity index (χ2v) is 5.71. The van der Waals surface area contributed by atoms with Crippen LogP contribution in [0.1, 0.15) is 26.2 Å². The fourth-order valence-corrected chi connectivity index (χ4v) is 3.38. The van der Waals surface area contributed by atoms with E-state index in [1.54, 1.807) is 4.90 Å². The molecule has 3 rings (SSSR count). The lowest BCUT2D eigenvalue weighted by Gasteiger charge is -2.25. The zero-order valence-corrected chi connectivity index (χ0v) is 11.5. The molecule has 0 aromatic heterocycles. The number of rotatable bonds is 2. The summed E-state index contributed by atoms with van der Waals surface area (Å²) in [7, 11) is 0. The van der Waals surface area contributed by atoms with Crippen molar-refractivity contribution < 1.29 is 19.1 Å². The Kier molecular flexibility index (Phi) is 3.16. The molecule has 3 unspecified atom stereocenters. The molecular weight excluding hydrogens is 262 g/mol. The van der Waals surface area contributed by atoms with Crippen molar-refractivity contribution in [3.8, 4) is 0 Å². The zero-order valence-electron chi connectivity index (χ0n) is 11.5. The van der Waals surface area contributed by atoms with Crippen molar-refractivity contribution in [3.05, 3.63) is 0 Å². The van der Waals surface area contributed by atoms with E-state index in [0.717, 1.165) is 12.8 Å². The van der Waals surface area contributed by atoms with E-state index in [1.807, 2.05) is 6.92 Å². The van der Waals surface area contributed by atoms with Gasteiger partial charge in [0.25, 0.3) is 5.91 Å². The Morgan fingerprint density at radius 2 is 2.30 bits per heavy atom. The highest BCUT2D eigenvalue weighted by Gasteiger charge is 2.52. The van der Waals surface area contributed by atoms with Gasteiger partial charge in [-0.3, -0.25) is 14.9 Å². The molecule has 0 saturated carbocycles. The van der Waals surface area contributed by atoms with E-state index >= 15 is 0 Å². The first-order valence-corrected chi connectivity index (χ1v) is 7.10. The molecule has 3 atom stereocenters. The first-order valence-electron chi connectivity index (χ1n) is 7.10. The van der Waals surface area contributed by atoms with Crippen LogP contribution in [0.2, 0.25) is 0 Å². The van der Waals surface area contributed by atoms with Gasteiger partial charge in [-0.2, -0.15) is 0 Å². The summed E-state index contributed by atoms with van der Waals surface area (Å²) in [6, 6.07) is -0.472. The van der Waals surface area contributed by atoms with Crippen LogP contribution < -0.4 is 10.6 Å². The van der Waals surface area contributed by atoms with Crippen molar-refractivity contribution in [2.75, 3.05) is 19.7 Å². The number of amides is 4. The van der Waals surface area contributed by atoms with E-state index < -0.39 is 11.6 Å². The van der Waals surface area contributed by atoms with E-state index in [2.05, 4.69) is 10.6 Å². The van der Waals surface area contributed by atoms with Gasteiger partial charge in [-0.25, -0.2) is 4.79 Å². The summed E-state index contributed by atoms with van der Waals surface area (Å²) in [6.07, 6.45) is 2.00. The van der Waals surface area contributed by atoms with Crippen LogP contribution in [0.3, 0.4) is 0 Å². The van der Waals surface area contributed by atoms with Crippen molar-refractivity contribution in [1.82, 2.24) is 15.5 Å². The van der Waals surface area contributed by atoms with Crippen molar-refractivity contribution >= 4 is 17.8 Å². The maximum Gasteiger partial charge on any atom is 0.322 e. The molecule has 0 bridgehead atoms. The molecule has 110 valence electrons. The topological polar surface area (TPSA) is 87.7 Å². The van der Waals surface area contributed by atoms with Gasteiger partial charge in [-0.15, -0.1) is 0 Å². The summed E-state index contributed by atoms with van der Waals surface area (Å²) in [5, 5.41) is 4.90. The van der Waals surface area contributed by atoms with Crippen molar-refractivity contribution in [2.45, 2.75) is 37.8 Å². The molecular formula is C13H19N3O4. The molecule has 0 aliphatic carbocycles. The molecule has 4 amide bonds. The van der Waals surface area contributed by atoms with Crippen molar-refractivity contribution in [1.29, 1.82) is 0 Å². The molecule has 7 heteroatoms. The van der Waals surface area contributed by atoms with E-state index in [4.69, 9.17) is 4.74 Å². The standard InChI is InChI=1S/C13H19N3O4/c1-2-9-8(3-6-20-9)10(17)16-5-4-13(7-16)11(18)14-12(19)15-13/h8-9H,2-7H2,1H3,(H2,14,15,18,19). The number of likely N-dealkylation sites (tertiary alicyclic amines) is 1. The van der Waals surface area contributed by atoms with Gasteiger partial charge >= 0.3 is 6.03 Å². The van der Waals surface area contributed by atoms with Crippen LogP contribution in [-0.2, 0) is 14.3 Å². The Bertz CT molecular complexity index is 467. The number of carbonyl (C=O) groups excluding carboxylic acids is 3. The van der Waals surface area contributed by atoms with E-state index in [0.29, 0.717) is 19.6 Å². The first kappa shape index (κ1) is 13.4. The first-order chi connectivity index (χ1) is 9.55. The fourth-order valence-electron chi connectivity index (χ4n) is 3.38. The molecule has 1 spiro atoms. The SMILES string of the molecule is CCC1OCCC1C(=O)N1CCC2(C1)NC(=O)NC2=O. The minimum atomic E-state index is -0.923. The molecule has 3 saturated heterocycles. The lowest BCUT2D eigenvalue weighted by atomic mass is 9.97. The van der Waals surface area contributed by atoms with Crippen LogP contribution in [0, 0.1) is 5.92 Å². The van der Waals surface area contributed by atoms with Crippen LogP contribution in [0.25, 0.3) is 0 Å². The average molecular weight is 281 g/mol. The summed E-state index contributed by atoms with van der Waals surface area (Å²) in [4.78, 5) is 37.4. The Labute approximate surface area is 117 Å². The molecule has 2 N–H and O–H groups in total. The van der Waals surface area contributed by atoms with Gasteiger partial charge in [0.2, 0.25) is 5.91 Å². The lowest BCUT2D eigenvalue weighted by Crippen LogP contribution is -2.50. The maximum absolute atomic E-state index is 12.5. The van der Waals surface area contributed by atoms with Crippen LogP contribution in [-0.4, -0.2) is 54.1 Å². The number of hydrogen-bond donors (Lipinski definition) is 2. The molecule has 3 aliphatic heterocycles. The van der Waals surface area contributed by atoms with Gasteiger partial charge in [0.15, 0.2) is 0 Å². The summed E-state index contributed by atoms with van der Waals surface area (Å²) in [5.74, 6) is -0.400. The number of carbonyl (C=O) groups is 3. The van der Waals surface area contributed by atoms with Gasteiger partial charge in [0.1, 0.15) is 5.54 Å². The number of hydrogen-bond acceptors (Lipinski definition) is 4. The quantitative estimate of drug-likeness (QED) is 0.675. The fraction of sp³-hybridized carbons (Fsp3) is 0.769. The number of imide groups is 1. The predicted molar refractivity (Wildman–Crippen MR) is 68.7 cm³/mol. The van der Waals surface area contributed by atoms with Crippen LogP contribution in [0.15, 0.2) is 0 Å². The zero-order chi connectivity index (χ0) is 14.3. The summed E-state index contributed by atoms with van der Waals surface area (Å²) in [5.41, 5.74) is -0.923. The molecule has 3 fully saturated rings. The van der Waals surface area contributed by atoms with Gasteiger partial charge in [0, 0.05) is 13.2 Å². The lowest BCUT2D eigenvalue weighted by molar-refractivity contribution is -0.136. The minimum absolute atomic E-state index is 0.0222. The molecule has 3 aliphatic rings. The third-order valence-corrected chi connectivity index (χ3v) is 4.52. The monoisotopic (exact) mass is 281 g/mol. The average Bonchev–Trinajstić information content (AvgIpc) is 3.09. The summed E-state index contributed by atoms with van der Waals surface area (Å²) in [6.45, 7) is 3.38. The summed E-state index contributed by atoms with van der Waals surface area (Å²) >= 11 is 0. The van der Waals surface area contributed by atoms with Crippen LogP contribution in [0.4, 0.5) is 4.79 Å². The Balaban J connectivity index is 1.69. The molecule has 0 aromatic rings. The highest BCUT2D eigenvalue weighted by atomic mass is 16.5. The summed E-state index contributed by atoms with van der Waals surface area (Å²) < 4.78 is 5.55. The molecule has 3 heterocycles. The second-order valence-electron chi connectivity index (χ2n) is 5.71. The van der Waals surface area contributed by atoms with Crippen LogP contribution in [0.5, 0.6) is 0 Å². The number of nitrogens with zero attached hydrogens (tertiary/aromatic N) is 1. The highest BCUT2D eigenvalue weighted by Crippen LogP contribution is 2.30. The second kappa shape index (κ2) is 4.73. The maximum atomic E-state index is 12.5. The molecule has 20 heavy (non-hydrogen) atoms. The number of ether oxygens (including phenoxy) is 1. The van der Waals surface area contributed by atoms with Gasteiger partial charge in [0.05, 0.1) is 18.6 Å².